The Hall–Kier alpha value is -3.35. The van der Waals surface area contributed by atoms with Gasteiger partial charge in [0.25, 0.3) is 0 Å². The molecule has 0 spiro atoms. The van der Waals surface area contributed by atoms with E-state index in [2.05, 4.69) is 17.6 Å². The second-order valence-corrected chi connectivity index (χ2v) is 12.1. The van der Waals surface area contributed by atoms with Crippen LogP contribution in [0.15, 0.2) is 54.6 Å². The van der Waals surface area contributed by atoms with Crippen molar-refractivity contribution in [3.05, 3.63) is 71.3 Å². The van der Waals surface area contributed by atoms with Gasteiger partial charge in [0.2, 0.25) is 11.8 Å². The molecule has 2 atom stereocenters. The maximum atomic E-state index is 14.3. The topological polar surface area (TPSA) is 87.7 Å². The van der Waals surface area contributed by atoms with Gasteiger partial charge in [0, 0.05) is 18.0 Å². The van der Waals surface area contributed by atoms with E-state index < -0.39 is 29.3 Å². The number of rotatable bonds is 9. The predicted octanol–water partition coefficient (Wildman–Crippen LogP) is 5.33. The lowest BCUT2D eigenvalue weighted by molar-refractivity contribution is -0.143. The monoisotopic (exact) mass is 521 g/mol. The quantitative estimate of drug-likeness (QED) is 0.467. The van der Waals surface area contributed by atoms with Crippen LogP contribution in [0.4, 0.5) is 4.79 Å². The van der Waals surface area contributed by atoms with Crippen molar-refractivity contribution in [2.75, 3.05) is 0 Å². The molecule has 0 radical (unpaired) electrons. The van der Waals surface area contributed by atoms with Gasteiger partial charge in [0.05, 0.1) is 0 Å². The van der Waals surface area contributed by atoms with Crippen LogP contribution in [-0.2, 0) is 27.2 Å². The minimum atomic E-state index is -0.896. The van der Waals surface area contributed by atoms with Crippen LogP contribution >= 0.6 is 0 Å². The molecule has 0 saturated heterocycles. The summed E-state index contributed by atoms with van der Waals surface area (Å²) in [6.45, 7) is 13.2. The fraction of sp³-hybridized carbons (Fsp3) is 0.516. The number of hydrogen-bond donors (Lipinski definition) is 2. The Morgan fingerprint density at radius 2 is 1.53 bits per heavy atom. The summed E-state index contributed by atoms with van der Waals surface area (Å²) in [5, 5.41) is 5.89. The highest BCUT2D eigenvalue weighted by atomic mass is 16.6. The van der Waals surface area contributed by atoms with Crippen LogP contribution in [0.1, 0.15) is 84.0 Å². The molecule has 0 heterocycles. The van der Waals surface area contributed by atoms with Crippen molar-refractivity contribution >= 4 is 17.9 Å². The highest BCUT2D eigenvalue weighted by molar-refractivity contribution is 5.93. The normalized spacial score (nSPS) is 15.2. The minimum absolute atomic E-state index is 0.0808. The SMILES string of the molecule is CCc1ccc(C(C(=O)NC(C)(C)C)N(C(=O)C(Cc2ccccc2)NC(=O)OC(C)(C)C)C2CC2)cc1. The first-order chi connectivity index (χ1) is 17.8. The van der Waals surface area contributed by atoms with Gasteiger partial charge in [-0.2, -0.15) is 0 Å². The zero-order valence-corrected chi connectivity index (χ0v) is 23.8. The molecule has 2 aromatic rings. The summed E-state index contributed by atoms with van der Waals surface area (Å²) in [5.74, 6) is -0.534. The fourth-order valence-electron chi connectivity index (χ4n) is 4.36. The van der Waals surface area contributed by atoms with E-state index in [9.17, 15) is 14.4 Å². The number of carbonyl (C=O) groups is 3. The van der Waals surface area contributed by atoms with E-state index in [0.717, 1.165) is 36.0 Å². The first-order valence-corrected chi connectivity index (χ1v) is 13.5. The Bertz CT molecular complexity index is 1100. The van der Waals surface area contributed by atoms with Gasteiger partial charge in [-0.25, -0.2) is 4.79 Å². The van der Waals surface area contributed by atoms with Crippen LogP contribution in [0.3, 0.4) is 0 Å². The van der Waals surface area contributed by atoms with E-state index in [1.165, 1.54) is 0 Å². The summed E-state index contributed by atoms with van der Waals surface area (Å²) in [7, 11) is 0. The van der Waals surface area contributed by atoms with E-state index in [1.54, 1.807) is 25.7 Å². The molecule has 2 N–H and O–H groups in total. The number of benzene rings is 2. The predicted molar refractivity (Wildman–Crippen MR) is 150 cm³/mol. The smallest absolute Gasteiger partial charge is 0.408 e. The molecule has 0 bridgehead atoms. The van der Waals surface area contributed by atoms with Gasteiger partial charge in [-0.3, -0.25) is 9.59 Å². The molecular weight excluding hydrogens is 478 g/mol. The summed E-state index contributed by atoms with van der Waals surface area (Å²) in [6.07, 6.45) is 2.12. The molecule has 2 aromatic carbocycles. The second-order valence-electron chi connectivity index (χ2n) is 12.1. The molecule has 0 aromatic heterocycles. The van der Waals surface area contributed by atoms with Crippen molar-refractivity contribution in [1.82, 2.24) is 15.5 Å². The van der Waals surface area contributed by atoms with Crippen LogP contribution in [-0.4, -0.2) is 46.0 Å². The first kappa shape index (κ1) is 29.2. The Morgan fingerprint density at radius 1 is 0.921 bits per heavy atom. The standard InChI is InChI=1S/C31H43N3O4/c1-8-21-14-16-23(17-15-21)26(27(35)33-30(2,3)4)34(24-18-19-24)28(36)25(20-22-12-10-9-11-13-22)32-29(37)38-31(5,6)7/h9-17,24-26H,8,18-20H2,1-7H3,(H,32,37)(H,33,35). The van der Waals surface area contributed by atoms with Crippen LogP contribution in [0.2, 0.25) is 0 Å². The molecule has 206 valence electrons. The maximum Gasteiger partial charge on any atom is 0.408 e. The molecule has 7 nitrogen and oxygen atoms in total. The van der Waals surface area contributed by atoms with Gasteiger partial charge in [-0.05, 0) is 77.5 Å². The zero-order valence-electron chi connectivity index (χ0n) is 23.8. The highest BCUT2D eigenvalue weighted by Gasteiger charge is 2.44. The molecule has 1 aliphatic carbocycles. The van der Waals surface area contributed by atoms with Crippen molar-refractivity contribution in [2.24, 2.45) is 0 Å². The van der Waals surface area contributed by atoms with Crippen LogP contribution in [0, 0.1) is 0 Å². The first-order valence-electron chi connectivity index (χ1n) is 13.5. The number of amides is 3. The van der Waals surface area contributed by atoms with E-state index in [-0.39, 0.29) is 24.3 Å². The van der Waals surface area contributed by atoms with Gasteiger partial charge in [-0.1, -0.05) is 61.5 Å². The average molecular weight is 522 g/mol. The molecular formula is C31H43N3O4. The third-order valence-electron chi connectivity index (χ3n) is 6.19. The van der Waals surface area contributed by atoms with Crippen LogP contribution in [0.5, 0.6) is 0 Å². The maximum absolute atomic E-state index is 14.3. The zero-order chi connectivity index (χ0) is 28.1. The Morgan fingerprint density at radius 3 is 2.03 bits per heavy atom. The van der Waals surface area contributed by atoms with Crippen LogP contribution < -0.4 is 10.6 Å². The van der Waals surface area contributed by atoms with Gasteiger partial charge in [0.1, 0.15) is 17.7 Å². The number of carbonyl (C=O) groups excluding carboxylic acids is 3. The number of nitrogens with zero attached hydrogens (tertiary/aromatic N) is 1. The highest BCUT2D eigenvalue weighted by Crippen LogP contribution is 2.36. The summed E-state index contributed by atoms with van der Waals surface area (Å²) in [6, 6.07) is 15.6. The molecule has 1 fully saturated rings. The average Bonchev–Trinajstić information content (AvgIpc) is 3.65. The molecule has 2 unspecified atom stereocenters. The number of hydrogen-bond acceptors (Lipinski definition) is 4. The lowest BCUT2D eigenvalue weighted by atomic mass is 9.97. The number of ether oxygens (including phenoxy) is 1. The molecule has 1 aliphatic rings. The Balaban J connectivity index is 2.01. The third kappa shape index (κ3) is 8.61. The Labute approximate surface area is 227 Å². The molecule has 7 heteroatoms. The minimum Gasteiger partial charge on any atom is -0.444 e. The molecule has 3 rings (SSSR count). The molecule has 0 aliphatic heterocycles. The molecule has 1 saturated carbocycles. The number of alkyl carbamates (subject to hydrolysis) is 1. The lowest BCUT2D eigenvalue weighted by Gasteiger charge is -2.36. The van der Waals surface area contributed by atoms with E-state index in [0.29, 0.717) is 0 Å². The van der Waals surface area contributed by atoms with Gasteiger partial charge in [-0.15, -0.1) is 0 Å². The third-order valence-corrected chi connectivity index (χ3v) is 6.19. The molecule has 38 heavy (non-hydrogen) atoms. The lowest BCUT2D eigenvalue weighted by Crippen LogP contribution is -2.55. The summed E-state index contributed by atoms with van der Waals surface area (Å²) >= 11 is 0. The Kier molecular flexibility index (Phi) is 9.23. The van der Waals surface area contributed by atoms with Gasteiger partial charge in [0.15, 0.2) is 0 Å². The van der Waals surface area contributed by atoms with Crippen molar-refractivity contribution in [3.63, 3.8) is 0 Å². The van der Waals surface area contributed by atoms with Crippen molar-refractivity contribution in [2.45, 2.75) is 103 Å². The van der Waals surface area contributed by atoms with E-state index >= 15 is 0 Å². The van der Waals surface area contributed by atoms with Crippen molar-refractivity contribution < 1.29 is 19.1 Å². The largest absolute Gasteiger partial charge is 0.444 e. The number of nitrogens with one attached hydrogen (secondary N) is 2. The van der Waals surface area contributed by atoms with Gasteiger partial charge < -0.3 is 20.3 Å². The number of aryl methyl sites for hydroxylation is 1. The van der Waals surface area contributed by atoms with Crippen molar-refractivity contribution in [3.8, 4) is 0 Å². The van der Waals surface area contributed by atoms with E-state index in [4.69, 9.17) is 4.74 Å². The summed E-state index contributed by atoms with van der Waals surface area (Å²) in [4.78, 5) is 42.6. The van der Waals surface area contributed by atoms with Gasteiger partial charge >= 0.3 is 6.09 Å². The van der Waals surface area contributed by atoms with E-state index in [1.807, 2.05) is 75.4 Å². The second kappa shape index (κ2) is 12.0. The summed E-state index contributed by atoms with van der Waals surface area (Å²) in [5.41, 5.74) is 1.62. The fourth-order valence-corrected chi connectivity index (χ4v) is 4.36. The van der Waals surface area contributed by atoms with Crippen LogP contribution in [0.25, 0.3) is 0 Å². The van der Waals surface area contributed by atoms with Crippen molar-refractivity contribution in [1.29, 1.82) is 0 Å². The summed E-state index contributed by atoms with van der Waals surface area (Å²) < 4.78 is 5.50. The molecule has 3 amide bonds.